The van der Waals surface area contributed by atoms with Gasteiger partial charge in [-0.3, -0.25) is 4.72 Å². The fraction of sp³-hybridized carbons (Fsp3) is 0.0588. The first-order chi connectivity index (χ1) is 11.4. The van der Waals surface area contributed by atoms with Crippen LogP contribution < -0.4 is 4.72 Å². The van der Waals surface area contributed by atoms with Crippen LogP contribution in [-0.2, 0) is 16.4 Å². The maximum absolute atomic E-state index is 12.5. The topological polar surface area (TPSA) is 46.2 Å². The summed E-state index contributed by atoms with van der Waals surface area (Å²) in [6, 6.07) is 15.1. The van der Waals surface area contributed by atoms with Crippen LogP contribution >= 0.6 is 34.5 Å². The zero-order valence-corrected chi connectivity index (χ0v) is 15.4. The molecule has 1 heterocycles. The molecular formula is C17H11Cl2NO2S2. The normalized spacial score (nSPS) is 12.8. The summed E-state index contributed by atoms with van der Waals surface area (Å²) < 4.78 is 28.1. The molecule has 0 radical (unpaired) electrons. The van der Waals surface area contributed by atoms with Crippen molar-refractivity contribution >= 4 is 50.2 Å². The van der Waals surface area contributed by atoms with Crippen molar-refractivity contribution in [3.8, 4) is 11.1 Å². The zero-order chi connectivity index (χ0) is 16.9. The molecular weight excluding hydrogens is 385 g/mol. The quantitative estimate of drug-likeness (QED) is 0.502. The van der Waals surface area contributed by atoms with E-state index < -0.39 is 10.0 Å². The van der Waals surface area contributed by atoms with E-state index in [0.29, 0.717) is 10.0 Å². The standard InChI is InChI=1S/C17H11Cl2NO2S2/c18-16-9-15(17(19)23-16)24(21,22)20-12-5-6-14-11(8-12)7-10-3-1-2-4-13(10)14/h1-6,8-9,20H,7H2. The molecule has 0 bridgehead atoms. The van der Waals surface area contributed by atoms with E-state index in [1.165, 1.54) is 17.2 Å². The Balaban J connectivity index is 1.68. The lowest BCUT2D eigenvalue weighted by molar-refractivity contribution is 0.601. The number of halogens is 2. The summed E-state index contributed by atoms with van der Waals surface area (Å²) in [6.07, 6.45) is 0.798. The second-order valence-electron chi connectivity index (χ2n) is 5.50. The summed E-state index contributed by atoms with van der Waals surface area (Å²) in [5, 5.41) is 0. The smallest absolute Gasteiger partial charge is 0.264 e. The van der Waals surface area contributed by atoms with Gasteiger partial charge in [-0.15, -0.1) is 11.3 Å². The molecule has 1 aliphatic carbocycles. The average Bonchev–Trinajstić information content (AvgIpc) is 3.06. The average molecular weight is 396 g/mol. The first kappa shape index (κ1) is 16.0. The second-order valence-corrected chi connectivity index (χ2v) is 9.44. The minimum absolute atomic E-state index is 0.00273. The molecule has 1 aliphatic rings. The van der Waals surface area contributed by atoms with Crippen LogP contribution in [0.1, 0.15) is 11.1 Å². The molecule has 3 aromatic rings. The Kier molecular flexibility index (Phi) is 3.84. The van der Waals surface area contributed by atoms with Gasteiger partial charge in [0.15, 0.2) is 0 Å². The summed E-state index contributed by atoms with van der Waals surface area (Å²) in [6.45, 7) is 0. The SMILES string of the molecule is O=S(=O)(Nc1ccc2c(c1)Cc1ccccc1-2)c1cc(Cl)sc1Cl. The van der Waals surface area contributed by atoms with Gasteiger partial charge in [0.2, 0.25) is 0 Å². The van der Waals surface area contributed by atoms with E-state index in [2.05, 4.69) is 16.9 Å². The lowest BCUT2D eigenvalue weighted by Crippen LogP contribution is -2.12. The number of rotatable bonds is 3. The van der Waals surface area contributed by atoms with Gasteiger partial charge >= 0.3 is 0 Å². The summed E-state index contributed by atoms with van der Waals surface area (Å²) in [5.74, 6) is 0. The third-order valence-corrected chi connectivity index (χ3v) is 7.10. The summed E-state index contributed by atoms with van der Waals surface area (Å²) in [4.78, 5) is 0.00273. The monoisotopic (exact) mass is 395 g/mol. The minimum atomic E-state index is -3.76. The molecule has 0 saturated heterocycles. The number of anilines is 1. The van der Waals surface area contributed by atoms with Gasteiger partial charge in [-0.25, -0.2) is 8.42 Å². The van der Waals surface area contributed by atoms with E-state index >= 15 is 0 Å². The van der Waals surface area contributed by atoms with Gasteiger partial charge in [0.1, 0.15) is 9.23 Å². The Morgan fingerprint density at radius 2 is 1.71 bits per heavy atom. The predicted octanol–water partition coefficient (Wildman–Crippen LogP) is 5.43. The summed E-state index contributed by atoms with van der Waals surface area (Å²) in [5.41, 5.74) is 5.21. The summed E-state index contributed by atoms with van der Waals surface area (Å²) >= 11 is 12.8. The maximum atomic E-state index is 12.5. The van der Waals surface area contributed by atoms with Gasteiger partial charge in [-0.1, -0.05) is 53.5 Å². The van der Waals surface area contributed by atoms with Crippen LogP contribution in [0.15, 0.2) is 53.4 Å². The van der Waals surface area contributed by atoms with Crippen LogP contribution in [0.4, 0.5) is 5.69 Å². The molecule has 1 aromatic heterocycles. The Morgan fingerprint density at radius 3 is 2.46 bits per heavy atom. The third kappa shape index (κ3) is 2.71. The van der Waals surface area contributed by atoms with Crippen LogP contribution in [0.25, 0.3) is 11.1 Å². The third-order valence-electron chi connectivity index (χ3n) is 3.96. The zero-order valence-electron chi connectivity index (χ0n) is 12.2. The van der Waals surface area contributed by atoms with Crippen LogP contribution in [0, 0.1) is 0 Å². The Bertz CT molecular complexity index is 1060. The van der Waals surface area contributed by atoms with Crippen molar-refractivity contribution in [3.05, 3.63) is 68.3 Å². The van der Waals surface area contributed by atoms with E-state index in [1.807, 2.05) is 24.3 Å². The van der Waals surface area contributed by atoms with Crippen molar-refractivity contribution in [3.63, 3.8) is 0 Å². The highest BCUT2D eigenvalue weighted by Gasteiger charge is 2.23. The summed E-state index contributed by atoms with van der Waals surface area (Å²) in [7, 11) is -3.76. The van der Waals surface area contributed by atoms with E-state index in [-0.39, 0.29) is 9.23 Å². The lowest BCUT2D eigenvalue weighted by atomic mass is 10.1. The molecule has 122 valence electrons. The number of hydrogen-bond acceptors (Lipinski definition) is 3. The second kappa shape index (κ2) is 5.77. The van der Waals surface area contributed by atoms with Crippen molar-refractivity contribution < 1.29 is 8.42 Å². The molecule has 4 rings (SSSR count). The molecule has 1 N–H and O–H groups in total. The number of hydrogen-bond donors (Lipinski definition) is 1. The van der Waals surface area contributed by atoms with Crippen LogP contribution in [-0.4, -0.2) is 8.42 Å². The van der Waals surface area contributed by atoms with Crippen molar-refractivity contribution in [2.24, 2.45) is 0 Å². The van der Waals surface area contributed by atoms with E-state index in [0.717, 1.165) is 28.9 Å². The number of nitrogens with one attached hydrogen (secondary N) is 1. The van der Waals surface area contributed by atoms with E-state index in [4.69, 9.17) is 23.2 Å². The first-order valence-electron chi connectivity index (χ1n) is 7.13. The maximum Gasteiger partial charge on any atom is 0.264 e. The predicted molar refractivity (Wildman–Crippen MR) is 99.8 cm³/mol. The van der Waals surface area contributed by atoms with Gasteiger partial charge in [0.05, 0.1) is 4.34 Å². The van der Waals surface area contributed by atoms with Crippen molar-refractivity contribution in [1.82, 2.24) is 0 Å². The minimum Gasteiger partial charge on any atom is -0.280 e. The molecule has 2 aromatic carbocycles. The molecule has 7 heteroatoms. The van der Waals surface area contributed by atoms with Crippen LogP contribution in [0.5, 0.6) is 0 Å². The van der Waals surface area contributed by atoms with Crippen molar-refractivity contribution in [2.45, 2.75) is 11.3 Å². The highest BCUT2D eigenvalue weighted by Crippen LogP contribution is 2.39. The van der Waals surface area contributed by atoms with Crippen molar-refractivity contribution in [1.29, 1.82) is 0 Å². The Morgan fingerprint density at radius 1 is 0.958 bits per heavy atom. The van der Waals surface area contributed by atoms with Crippen LogP contribution in [0.3, 0.4) is 0 Å². The van der Waals surface area contributed by atoms with Gasteiger partial charge in [-0.2, -0.15) is 0 Å². The van der Waals surface area contributed by atoms with Gasteiger partial charge in [0.25, 0.3) is 10.0 Å². The van der Waals surface area contributed by atoms with Gasteiger partial charge < -0.3 is 0 Å². The number of benzene rings is 2. The van der Waals surface area contributed by atoms with Crippen LogP contribution in [0.2, 0.25) is 8.67 Å². The highest BCUT2D eigenvalue weighted by atomic mass is 35.5. The number of thiophene rings is 1. The molecule has 3 nitrogen and oxygen atoms in total. The molecule has 24 heavy (non-hydrogen) atoms. The molecule has 0 spiro atoms. The first-order valence-corrected chi connectivity index (χ1v) is 10.2. The largest absolute Gasteiger partial charge is 0.280 e. The highest BCUT2D eigenvalue weighted by molar-refractivity contribution is 7.93. The number of fused-ring (bicyclic) bond motifs is 3. The van der Waals surface area contributed by atoms with Gasteiger partial charge in [0, 0.05) is 5.69 Å². The molecule has 0 atom stereocenters. The van der Waals surface area contributed by atoms with E-state index in [1.54, 1.807) is 6.07 Å². The number of sulfonamides is 1. The molecule has 0 fully saturated rings. The fourth-order valence-electron chi connectivity index (χ4n) is 2.93. The molecule has 0 aliphatic heterocycles. The van der Waals surface area contributed by atoms with E-state index in [9.17, 15) is 8.42 Å². The Labute approximate surface area is 153 Å². The van der Waals surface area contributed by atoms with Crippen molar-refractivity contribution in [2.75, 3.05) is 4.72 Å². The Hall–Kier alpha value is -1.53. The lowest BCUT2D eigenvalue weighted by Gasteiger charge is -2.09. The fourth-order valence-corrected chi connectivity index (χ4v) is 6.13. The molecule has 0 unspecified atom stereocenters. The molecule has 0 amide bonds. The van der Waals surface area contributed by atoms with Gasteiger partial charge in [-0.05, 0) is 46.9 Å². The molecule has 0 saturated carbocycles.